The fourth-order valence-corrected chi connectivity index (χ4v) is 3.16. The van der Waals surface area contributed by atoms with Gasteiger partial charge >= 0.3 is 0 Å². The summed E-state index contributed by atoms with van der Waals surface area (Å²) >= 11 is 0. The van der Waals surface area contributed by atoms with Crippen LogP contribution in [-0.4, -0.2) is 16.7 Å². The highest BCUT2D eigenvalue weighted by molar-refractivity contribution is 6.12. The van der Waals surface area contributed by atoms with Crippen molar-refractivity contribution in [3.05, 3.63) is 46.5 Å². The van der Waals surface area contributed by atoms with Crippen LogP contribution in [-0.2, 0) is 4.79 Å². The maximum Gasteiger partial charge on any atom is 0.181 e. The minimum atomic E-state index is -0.228. The lowest BCUT2D eigenvalue weighted by atomic mass is 9.68. The van der Waals surface area contributed by atoms with Crippen LogP contribution < -0.4 is 0 Å². The zero-order valence-corrected chi connectivity index (χ0v) is 12.4. The third kappa shape index (κ3) is 2.13. The summed E-state index contributed by atoms with van der Waals surface area (Å²) in [6.07, 6.45) is 5.58. The van der Waals surface area contributed by atoms with E-state index in [9.17, 15) is 14.7 Å². The fourth-order valence-electron chi connectivity index (χ4n) is 3.16. The number of carbonyl (C=O) groups excluding carboxylic acids is 2. The number of aromatic hydroxyl groups is 1. The molecule has 0 fully saturated rings. The average molecular weight is 282 g/mol. The molecule has 1 aromatic rings. The van der Waals surface area contributed by atoms with Crippen LogP contribution in [0.2, 0.25) is 0 Å². The van der Waals surface area contributed by atoms with Crippen molar-refractivity contribution < 1.29 is 14.7 Å². The summed E-state index contributed by atoms with van der Waals surface area (Å²) in [6.45, 7) is 5.85. The predicted molar refractivity (Wildman–Crippen MR) is 81.2 cm³/mol. The molecule has 0 aromatic heterocycles. The van der Waals surface area contributed by atoms with E-state index in [-0.39, 0.29) is 28.6 Å². The van der Waals surface area contributed by atoms with Gasteiger partial charge in [-0.25, -0.2) is 0 Å². The topological polar surface area (TPSA) is 54.4 Å². The summed E-state index contributed by atoms with van der Waals surface area (Å²) in [6, 6.07) is 3.29. The van der Waals surface area contributed by atoms with Crippen LogP contribution in [0.15, 0.2) is 29.9 Å². The summed E-state index contributed by atoms with van der Waals surface area (Å²) < 4.78 is 0. The van der Waals surface area contributed by atoms with Gasteiger partial charge in [-0.2, -0.15) is 0 Å². The normalized spacial score (nSPS) is 23.2. The second kappa shape index (κ2) is 4.42. The van der Waals surface area contributed by atoms with E-state index in [4.69, 9.17) is 0 Å². The van der Waals surface area contributed by atoms with Crippen molar-refractivity contribution in [3.63, 3.8) is 0 Å². The Labute approximate surface area is 124 Å². The van der Waals surface area contributed by atoms with E-state index in [1.54, 1.807) is 31.2 Å². The Kier molecular flexibility index (Phi) is 2.90. The molecule has 3 rings (SSSR count). The standard InChI is InChI=1S/C18H18O3/c1-10-6-12-11(8-16(10)20)7-13-14(9-17(12)21)18(2,3)5-4-15(13)19/h4-8,14,20H,9H2,1-3H3. The molecule has 0 saturated carbocycles. The third-order valence-electron chi connectivity index (χ3n) is 4.59. The molecule has 21 heavy (non-hydrogen) atoms. The summed E-state index contributed by atoms with van der Waals surface area (Å²) in [5, 5.41) is 9.88. The first-order chi connectivity index (χ1) is 9.79. The number of fused-ring (bicyclic) bond motifs is 2. The monoisotopic (exact) mass is 282 g/mol. The van der Waals surface area contributed by atoms with Gasteiger partial charge in [-0.05, 0) is 47.8 Å². The molecule has 2 aliphatic carbocycles. The van der Waals surface area contributed by atoms with Gasteiger partial charge in [-0.1, -0.05) is 19.9 Å². The molecule has 3 nitrogen and oxygen atoms in total. The van der Waals surface area contributed by atoms with Crippen molar-refractivity contribution in [2.45, 2.75) is 27.2 Å². The molecule has 2 aliphatic rings. The minimum absolute atomic E-state index is 0.0283. The quantitative estimate of drug-likeness (QED) is 0.793. The number of Topliss-reactive ketones (excluding diaryl/α,β-unsaturated/α-hetero) is 1. The highest BCUT2D eigenvalue weighted by Gasteiger charge is 2.39. The Balaban J connectivity index is 2.23. The van der Waals surface area contributed by atoms with E-state index < -0.39 is 0 Å². The van der Waals surface area contributed by atoms with Crippen LogP contribution in [0.1, 0.15) is 41.8 Å². The second-order valence-corrected chi connectivity index (χ2v) is 6.52. The number of rotatable bonds is 0. The van der Waals surface area contributed by atoms with E-state index in [1.165, 1.54) is 0 Å². The maximum atomic E-state index is 12.6. The molecule has 0 spiro atoms. The third-order valence-corrected chi connectivity index (χ3v) is 4.59. The van der Waals surface area contributed by atoms with Gasteiger partial charge in [0.1, 0.15) is 5.75 Å². The zero-order chi connectivity index (χ0) is 15.4. The number of phenolic OH excluding ortho intramolecular Hbond substituents is 1. The van der Waals surface area contributed by atoms with Crippen LogP contribution in [0.3, 0.4) is 0 Å². The number of hydrogen-bond acceptors (Lipinski definition) is 3. The molecule has 1 aromatic carbocycles. The lowest BCUT2D eigenvalue weighted by molar-refractivity contribution is -0.112. The lowest BCUT2D eigenvalue weighted by Crippen LogP contribution is -2.31. The molecule has 3 heteroatoms. The summed E-state index contributed by atoms with van der Waals surface area (Å²) in [7, 11) is 0. The lowest BCUT2D eigenvalue weighted by Gasteiger charge is -2.34. The Hall–Kier alpha value is -2.16. The number of hydrogen-bond donors (Lipinski definition) is 1. The molecular formula is C18H18O3. The van der Waals surface area contributed by atoms with Gasteiger partial charge < -0.3 is 5.11 Å². The van der Waals surface area contributed by atoms with Crippen LogP contribution >= 0.6 is 0 Å². The largest absolute Gasteiger partial charge is 0.508 e. The molecule has 1 N–H and O–H groups in total. The van der Waals surface area contributed by atoms with E-state index >= 15 is 0 Å². The summed E-state index contributed by atoms with van der Waals surface area (Å²) in [5.74, 6) is 0.0211. The second-order valence-electron chi connectivity index (χ2n) is 6.52. The molecule has 0 aliphatic heterocycles. The molecule has 0 saturated heterocycles. The number of phenols is 1. The number of benzene rings is 1. The number of aryl methyl sites for hydroxylation is 1. The van der Waals surface area contributed by atoms with Gasteiger partial charge in [-0.15, -0.1) is 0 Å². The Morgan fingerprint density at radius 2 is 1.95 bits per heavy atom. The Morgan fingerprint density at radius 1 is 1.24 bits per heavy atom. The van der Waals surface area contributed by atoms with Crippen molar-refractivity contribution >= 4 is 17.6 Å². The molecule has 0 heterocycles. The van der Waals surface area contributed by atoms with Gasteiger partial charge in [0.2, 0.25) is 0 Å². The van der Waals surface area contributed by atoms with Gasteiger partial charge in [0.25, 0.3) is 0 Å². The van der Waals surface area contributed by atoms with Crippen LogP contribution in [0, 0.1) is 18.3 Å². The summed E-state index contributed by atoms with van der Waals surface area (Å²) in [5.41, 5.74) is 2.34. The Morgan fingerprint density at radius 3 is 2.67 bits per heavy atom. The van der Waals surface area contributed by atoms with Gasteiger partial charge in [0, 0.05) is 23.5 Å². The molecule has 1 unspecified atom stereocenters. The molecule has 0 amide bonds. The molecular weight excluding hydrogens is 264 g/mol. The highest BCUT2D eigenvalue weighted by atomic mass is 16.3. The number of carbonyl (C=O) groups is 2. The van der Waals surface area contributed by atoms with Crippen molar-refractivity contribution in [1.29, 1.82) is 0 Å². The van der Waals surface area contributed by atoms with E-state index in [1.807, 2.05) is 19.9 Å². The van der Waals surface area contributed by atoms with Crippen molar-refractivity contribution in [2.75, 3.05) is 0 Å². The van der Waals surface area contributed by atoms with Crippen LogP contribution in [0.5, 0.6) is 5.75 Å². The Bertz CT molecular complexity index is 720. The molecule has 108 valence electrons. The van der Waals surface area contributed by atoms with Gasteiger partial charge in [0.05, 0.1) is 0 Å². The first-order valence-corrected chi connectivity index (χ1v) is 7.11. The van der Waals surface area contributed by atoms with Crippen LogP contribution in [0.4, 0.5) is 0 Å². The van der Waals surface area contributed by atoms with Crippen molar-refractivity contribution in [2.24, 2.45) is 11.3 Å². The van der Waals surface area contributed by atoms with E-state index in [0.717, 1.165) is 0 Å². The van der Waals surface area contributed by atoms with E-state index in [0.29, 0.717) is 28.7 Å². The van der Waals surface area contributed by atoms with Gasteiger partial charge in [-0.3, -0.25) is 9.59 Å². The minimum Gasteiger partial charge on any atom is -0.508 e. The first kappa shape index (κ1) is 13.8. The van der Waals surface area contributed by atoms with E-state index in [2.05, 4.69) is 0 Å². The molecule has 0 bridgehead atoms. The predicted octanol–water partition coefficient (Wildman–Crippen LogP) is 3.45. The first-order valence-electron chi connectivity index (χ1n) is 7.11. The highest BCUT2D eigenvalue weighted by Crippen LogP contribution is 2.44. The zero-order valence-electron chi connectivity index (χ0n) is 12.4. The smallest absolute Gasteiger partial charge is 0.181 e. The number of allylic oxidation sites excluding steroid dienone is 3. The maximum absolute atomic E-state index is 12.6. The molecule has 0 radical (unpaired) electrons. The van der Waals surface area contributed by atoms with Crippen molar-refractivity contribution in [1.82, 2.24) is 0 Å². The number of ketones is 2. The SMILES string of the molecule is Cc1cc2c(cc1O)C=C1C(=O)C=CC(C)(C)C1CC2=O. The van der Waals surface area contributed by atoms with Crippen LogP contribution in [0.25, 0.3) is 6.08 Å². The van der Waals surface area contributed by atoms with Gasteiger partial charge in [0.15, 0.2) is 11.6 Å². The molecule has 1 atom stereocenters. The van der Waals surface area contributed by atoms with Crippen molar-refractivity contribution in [3.8, 4) is 5.75 Å². The average Bonchev–Trinajstić information content (AvgIpc) is 2.55. The fraction of sp³-hybridized carbons (Fsp3) is 0.333. The summed E-state index contributed by atoms with van der Waals surface area (Å²) in [4.78, 5) is 24.8.